The van der Waals surface area contributed by atoms with Crippen molar-refractivity contribution >= 4 is 34.0 Å². The monoisotopic (exact) mass is 356 g/mol. The van der Waals surface area contributed by atoms with Crippen LogP contribution in [0.3, 0.4) is 0 Å². The Morgan fingerprint density at radius 1 is 1.16 bits per heavy atom. The van der Waals surface area contributed by atoms with E-state index in [-0.39, 0.29) is 17.2 Å². The Hall–Kier alpha value is -2.93. The molecule has 0 bridgehead atoms. The molecule has 0 aliphatic rings. The van der Waals surface area contributed by atoms with Gasteiger partial charge in [-0.25, -0.2) is 4.79 Å². The topological polar surface area (TPSA) is 88.3 Å². The van der Waals surface area contributed by atoms with Crippen molar-refractivity contribution < 1.29 is 14.3 Å². The van der Waals surface area contributed by atoms with E-state index < -0.39 is 12.6 Å². The van der Waals surface area contributed by atoms with Crippen LogP contribution in [-0.4, -0.2) is 30.0 Å². The summed E-state index contributed by atoms with van der Waals surface area (Å²) in [5.74, 6) is -1.12. The number of H-pyrrole nitrogens is 1. The average molecular weight is 356 g/mol. The number of nitrogens with one attached hydrogen (secondary N) is 2. The first-order valence-corrected chi connectivity index (χ1v) is 8.60. The van der Waals surface area contributed by atoms with Crippen molar-refractivity contribution in [3.05, 3.63) is 68.8 Å². The van der Waals surface area contributed by atoms with Crippen molar-refractivity contribution in [2.24, 2.45) is 0 Å². The van der Waals surface area contributed by atoms with Crippen molar-refractivity contribution in [3.63, 3.8) is 0 Å². The van der Waals surface area contributed by atoms with Gasteiger partial charge in [-0.2, -0.15) is 0 Å². The molecule has 0 aliphatic carbocycles. The number of fused-ring (bicyclic) bond motifs is 1. The fraction of sp³-hybridized carbons (Fsp3) is 0.167. The Kier molecular flexibility index (Phi) is 5.25. The smallest absolute Gasteiger partial charge is 0.355 e. The van der Waals surface area contributed by atoms with Gasteiger partial charge in [0.05, 0.1) is 0 Å². The number of thiophene rings is 1. The molecule has 7 heteroatoms. The zero-order chi connectivity index (χ0) is 17.6. The lowest BCUT2D eigenvalue weighted by molar-refractivity contribution is -0.124. The average Bonchev–Trinajstić information content (AvgIpc) is 3.13. The maximum Gasteiger partial charge on any atom is 0.355 e. The number of pyridine rings is 1. The molecule has 0 unspecified atom stereocenters. The van der Waals surface area contributed by atoms with Crippen LogP contribution in [0.5, 0.6) is 0 Å². The molecule has 6 nitrogen and oxygen atoms in total. The number of carbonyl (C=O) groups excluding carboxylic acids is 2. The van der Waals surface area contributed by atoms with Gasteiger partial charge in [-0.3, -0.25) is 9.59 Å². The van der Waals surface area contributed by atoms with Crippen LogP contribution in [0, 0.1) is 0 Å². The van der Waals surface area contributed by atoms with E-state index in [4.69, 9.17) is 4.74 Å². The minimum Gasteiger partial charge on any atom is -0.451 e. The predicted octanol–water partition coefficient (Wildman–Crippen LogP) is 2.11. The van der Waals surface area contributed by atoms with E-state index >= 15 is 0 Å². The predicted molar refractivity (Wildman–Crippen MR) is 95.9 cm³/mol. The van der Waals surface area contributed by atoms with E-state index in [1.54, 1.807) is 35.6 Å². The number of aromatic nitrogens is 1. The molecule has 0 radical (unpaired) electrons. The number of aromatic amines is 1. The molecule has 0 saturated heterocycles. The van der Waals surface area contributed by atoms with Crippen LogP contribution in [0.15, 0.2) is 52.6 Å². The van der Waals surface area contributed by atoms with Gasteiger partial charge in [0.25, 0.3) is 11.5 Å². The lowest BCUT2D eigenvalue weighted by Gasteiger charge is -2.07. The summed E-state index contributed by atoms with van der Waals surface area (Å²) in [6.45, 7) is 0.0852. The third-order valence-corrected chi connectivity index (χ3v) is 4.52. The largest absolute Gasteiger partial charge is 0.451 e. The van der Waals surface area contributed by atoms with Crippen LogP contribution < -0.4 is 10.9 Å². The summed E-state index contributed by atoms with van der Waals surface area (Å²) in [5.41, 5.74) is -0.347. The first-order valence-electron chi connectivity index (χ1n) is 7.72. The summed E-state index contributed by atoms with van der Waals surface area (Å²) in [7, 11) is 0. The van der Waals surface area contributed by atoms with Crippen molar-refractivity contribution in [3.8, 4) is 0 Å². The van der Waals surface area contributed by atoms with Crippen LogP contribution in [0.25, 0.3) is 10.8 Å². The zero-order valence-corrected chi connectivity index (χ0v) is 14.1. The van der Waals surface area contributed by atoms with E-state index in [1.165, 1.54) is 10.9 Å². The fourth-order valence-corrected chi connectivity index (χ4v) is 3.07. The number of benzene rings is 1. The molecule has 0 atom stereocenters. The number of rotatable bonds is 6. The second-order valence-corrected chi connectivity index (χ2v) is 6.39. The molecule has 0 aliphatic heterocycles. The molecular weight excluding hydrogens is 340 g/mol. The summed E-state index contributed by atoms with van der Waals surface area (Å²) in [6, 6.07) is 12.4. The molecule has 2 heterocycles. The van der Waals surface area contributed by atoms with Gasteiger partial charge in [-0.05, 0) is 35.4 Å². The normalized spacial score (nSPS) is 10.6. The molecule has 0 spiro atoms. The van der Waals surface area contributed by atoms with Gasteiger partial charge in [0.15, 0.2) is 6.61 Å². The van der Waals surface area contributed by atoms with Gasteiger partial charge in [0, 0.05) is 16.8 Å². The van der Waals surface area contributed by atoms with Crippen LogP contribution in [0.1, 0.15) is 15.4 Å². The second kappa shape index (κ2) is 7.76. The summed E-state index contributed by atoms with van der Waals surface area (Å²) in [6.07, 6.45) is 0.731. The molecule has 1 amide bonds. The Morgan fingerprint density at radius 2 is 2.00 bits per heavy atom. The summed E-state index contributed by atoms with van der Waals surface area (Å²) in [5, 5.41) is 5.79. The van der Waals surface area contributed by atoms with E-state index in [0.717, 1.165) is 6.42 Å². The number of hydrogen-bond acceptors (Lipinski definition) is 5. The Morgan fingerprint density at radius 3 is 2.80 bits per heavy atom. The number of esters is 1. The van der Waals surface area contributed by atoms with Crippen LogP contribution >= 0.6 is 11.3 Å². The van der Waals surface area contributed by atoms with E-state index in [2.05, 4.69) is 10.3 Å². The zero-order valence-electron chi connectivity index (χ0n) is 13.3. The van der Waals surface area contributed by atoms with Gasteiger partial charge in [-0.15, -0.1) is 11.3 Å². The molecule has 128 valence electrons. The van der Waals surface area contributed by atoms with Crippen molar-refractivity contribution in [1.82, 2.24) is 10.3 Å². The molecule has 2 N–H and O–H groups in total. The second-order valence-electron chi connectivity index (χ2n) is 5.35. The number of carbonyl (C=O) groups is 2. The van der Waals surface area contributed by atoms with E-state index in [1.807, 2.05) is 17.5 Å². The maximum absolute atomic E-state index is 12.0. The molecule has 0 fully saturated rings. The highest BCUT2D eigenvalue weighted by molar-refractivity contribution is 7.09. The molecule has 1 aromatic carbocycles. The summed E-state index contributed by atoms with van der Waals surface area (Å²) in [4.78, 5) is 39.4. The molecule has 3 aromatic rings. The molecule has 3 rings (SSSR count). The Bertz CT molecular complexity index is 947. The SMILES string of the molecule is O=C(COC(=O)c1cc2ccccc2c(=O)[nH]1)NCCc1cccs1. The summed E-state index contributed by atoms with van der Waals surface area (Å²) < 4.78 is 4.96. The first-order chi connectivity index (χ1) is 12.1. The highest BCUT2D eigenvalue weighted by atomic mass is 32.1. The molecule has 2 aromatic heterocycles. The number of hydrogen-bond donors (Lipinski definition) is 2. The Balaban J connectivity index is 1.53. The van der Waals surface area contributed by atoms with Gasteiger partial charge in [-0.1, -0.05) is 24.3 Å². The van der Waals surface area contributed by atoms with Gasteiger partial charge in [0.1, 0.15) is 5.69 Å². The molecular formula is C18H16N2O4S. The number of ether oxygens (including phenoxy) is 1. The standard InChI is InChI=1S/C18H16N2O4S/c21-16(19-8-7-13-5-3-9-25-13)11-24-18(23)15-10-12-4-1-2-6-14(12)17(22)20-15/h1-6,9-10H,7-8,11H2,(H,19,21)(H,20,22). The van der Waals surface area contributed by atoms with Crippen molar-refractivity contribution in [2.75, 3.05) is 13.2 Å². The van der Waals surface area contributed by atoms with Gasteiger partial charge < -0.3 is 15.0 Å². The van der Waals surface area contributed by atoms with Crippen molar-refractivity contribution in [1.29, 1.82) is 0 Å². The highest BCUT2D eigenvalue weighted by Crippen LogP contribution is 2.10. The minimum atomic E-state index is -0.740. The van der Waals surface area contributed by atoms with Crippen LogP contribution in [0.2, 0.25) is 0 Å². The third-order valence-electron chi connectivity index (χ3n) is 3.58. The number of amides is 1. The minimum absolute atomic E-state index is 0.0232. The lowest BCUT2D eigenvalue weighted by atomic mass is 10.1. The molecule has 25 heavy (non-hydrogen) atoms. The summed E-state index contributed by atoms with van der Waals surface area (Å²) >= 11 is 1.62. The quantitative estimate of drug-likeness (QED) is 0.662. The third kappa shape index (κ3) is 4.33. The van der Waals surface area contributed by atoms with Crippen molar-refractivity contribution in [2.45, 2.75) is 6.42 Å². The van der Waals surface area contributed by atoms with Gasteiger partial charge >= 0.3 is 5.97 Å². The van der Waals surface area contributed by atoms with Crippen LogP contribution in [-0.2, 0) is 16.0 Å². The first kappa shape index (κ1) is 16.9. The molecule has 0 saturated carbocycles. The fourth-order valence-electron chi connectivity index (χ4n) is 2.36. The van der Waals surface area contributed by atoms with E-state index in [0.29, 0.717) is 17.3 Å². The lowest BCUT2D eigenvalue weighted by Crippen LogP contribution is -2.30. The van der Waals surface area contributed by atoms with Gasteiger partial charge in [0.2, 0.25) is 0 Å². The van der Waals surface area contributed by atoms with Crippen LogP contribution in [0.4, 0.5) is 0 Å². The maximum atomic E-state index is 12.0. The highest BCUT2D eigenvalue weighted by Gasteiger charge is 2.12. The van der Waals surface area contributed by atoms with E-state index in [9.17, 15) is 14.4 Å². The Labute approximate surface area is 147 Å².